The zero-order valence-corrected chi connectivity index (χ0v) is 17.7. The third kappa shape index (κ3) is 4.82. The number of nitrogens with zero attached hydrogens (tertiary/aromatic N) is 4. The van der Waals surface area contributed by atoms with Crippen molar-refractivity contribution in [2.24, 2.45) is 5.73 Å². The number of pyridine rings is 1. The standard InChI is InChI=1S/C17H18FN3O3.C5H5N3O/c18-13-7-11-14(8-15(13)20-5-3-19-4-6-20)21(10-1-2-10)9-12(16(11)22)17(23)24;6-5(9)4-3-7-1-2-8-4/h7-10,19H,1-6H2,(H,23,24);1-3H,(H2,6,9). The molecule has 0 unspecified atom stereocenters. The number of fused-ring (bicyclic) bond motifs is 1. The molecule has 1 aliphatic carbocycles. The number of nitrogens with one attached hydrogen (secondary N) is 1. The van der Waals surface area contributed by atoms with E-state index < -0.39 is 23.1 Å². The van der Waals surface area contributed by atoms with Gasteiger partial charge in [0.2, 0.25) is 5.43 Å². The highest BCUT2D eigenvalue weighted by atomic mass is 19.1. The van der Waals surface area contributed by atoms with Gasteiger partial charge in [-0.1, -0.05) is 0 Å². The molecule has 2 aromatic heterocycles. The Balaban J connectivity index is 0.000000243. The Labute approximate surface area is 187 Å². The Morgan fingerprint density at radius 2 is 1.91 bits per heavy atom. The van der Waals surface area contributed by atoms with Gasteiger partial charge >= 0.3 is 5.97 Å². The lowest BCUT2D eigenvalue weighted by atomic mass is 10.1. The van der Waals surface area contributed by atoms with Crippen LogP contribution in [-0.2, 0) is 0 Å². The number of hydrogen-bond acceptors (Lipinski definition) is 7. The normalized spacial score (nSPS) is 15.6. The van der Waals surface area contributed by atoms with Crippen LogP contribution in [0.1, 0.15) is 39.7 Å². The van der Waals surface area contributed by atoms with Crippen LogP contribution in [0.5, 0.6) is 0 Å². The maximum absolute atomic E-state index is 14.6. The molecule has 0 spiro atoms. The molecule has 1 aliphatic heterocycles. The van der Waals surface area contributed by atoms with E-state index in [2.05, 4.69) is 15.3 Å². The minimum absolute atomic E-state index is 0.137. The number of carbonyl (C=O) groups excluding carboxylic acids is 1. The van der Waals surface area contributed by atoms with Gasteiger partial charge < -0.3 is 25.6 Å². The van der Waals surface area contributed by atoms with E-state index in [0.717, 1.165) is 25.9 Å². The molecule has 0 bridgehead atoms. The average molecular weight is 454 g/mol. The SMILES string of the molecule is NC(=O)c1cnccn1.O=C(O)c1cn(C2CC2)c2cc(N3CCNCC3)c(F)cc2c1=O. The number of hydrogen-bond donors (Lipinski definition) is 3. The number of aromatic nitrogens is 3. The highest BCUT2D eigenvalue weighted by molar-refractivity contribution is 5.93. The summed E-state index contributed by atoms with van der Waals surface area (Å²) >= 11 is 0. The van der Waals surface area contributed by atoms with E-state index in [1.165, 1.54) is 30.9 Å². The number of carboxylic acid groups (broad SMARTS) is 1. The number of anilines is 1. The van der Waals surface area contributed by atoms with Gasteiger partial charge in [0.25, 0.3) is 5.91 Å². The van der Waals surface area contributed by atoms with Gasteiger partial charge in [0, 0.05) is 56.2 Å². The molecule has 3 heterocycles. The molecule has 11 heteroatoms. The molecule has 1 amide bonds. The fourth-order valence-electron chi connectivity index (χ4n) is 3.74. The molecular formula is C22H23FN6O4. The first-order chi connectivity index (χ1) is 15.9. The van der Waals surface area contributed by atoms with Crippen LogP contribution in [0.25, 0.3) is 10.9 Å². The van der Waals surface area contributed by atoms with Gasteiger partial charge in [-0.25, -0.2) is 14.2 Å². The topological polar surface area (TPSA) is 143 Å². The maximum Gasteiger partial charge on any atom is 0.341 e. The van der Waals surface area contributed by atoms with Crippen LogP contribution in [0.3, 0.4) is 0 Å². The molecule has 1 saturated carbocycles. The maximum atomic E-state index is 14.6. The molecule has 172 valence electrons. The van der Waals surface area contributed by atoms with Crippen molar-refractivity contribution in [3.05, 3.63) is 64.2 Å². The van der Waals surface area contributed by atoms with Crippen LogP contribution in [0.2, 0.25) is 0 Å². The van der Waals surface area contributed by atoms with Crippen molar-refractivity contribution in [1.82, 2.24) is 19.9 Å². The van der Waals surface area contributed by atoms with Crippen molar-refractivity contribution in [2.75, 3.05) is 31.1 Å². The molecule has 33 heavy (non-hydrogen) atoms. The Morgan fingerprint density at radius 3 is 2.45 bits per heavy atom. The quantitative estimate of drug-likeness (QED) is 0.533. The molecule has 2 fully saturated rings. The van der Waals surface area contributed by atoms with Crippen LogP contribution >= 0.6 is 0 Å². The Hall–Kier alpha value is -3.86. The number of primary amides is 1. The summed E-state index contributed by atoms with van der Waals surface area (Å²) in [5, 5.41) is 12.6. The summed E-state index contributed by atoms with van der Waals surface area (Å²) in [6.45, 7) is 2.96. The second-order valence-electron chi connectivity index (χ2n) is 7.83. The summed E-state index contributed by atoms with van der Waals surface area (Å²) in [7, 11) is 0. The average Bonchev–Trinajstić information content (AvgIpc) is 3.66. The number of rotatable bonds is 4. The monoisotopic (exact) mass is 454 g/mol. The molecular weight excluding hydrogens is 431 g/mol. The summed E-state index contributed by atoms with van der Waals surface area (Å²) in [5.74, 6) is -2.31. The summed E-state index contributed by atoms with van der Waals surface area (Å²) < 4.78 is 16.4. The lowest BCUT2D eigenvalue weighted by Crippen LogP contribution is -2.43. The van der Waals surface area contributed by atoms with E-state index in [1.807, 2.05) is 9.47 Å². The van der Waals surface area contributed by atoms with Crippen LogP contribution < -0.4 is 21.4 Å². The van der Waals surface area contributed by atoms with Gasteiger partial charge in [0.05, 0.1) is 17.4 Å². The number of nitrogens with two attached hydrogens (primary N) is 1. The summed E-state index contributed by atoms with van der Waals surface area (Å²) in [6, 6.07) is 3.08. The van der Waals surface area contributed by atoms with Gasteiger partial charge in [-0.3, -0.25) is 14.6 Å². The van der Waals surface area contributed by atoms with Gasteiger partial charge in [-0.05, 0) is 25.0 Å². The van der Waals surface area contributed by atoms with Crippen molar-refractivity contribution in [2.45, 2.75) is 18.9 Å². The Bertz CT molecular complexity index is 1250. The van der Waals surface area contributed by atoms with Crippen molar-refractivity contribution in [3.63, 3.8) is 0 Å². The molecule has 3 aromatic rings. The van der Waals surface area contributed by atoms with E-state index in [0.29, 0.717) is 24.3 Å². The molecule has 5 rings (SSSR count). The highest BCUT2D eigenvalue weighted by Crippen LogP contribution is 2.38. The van der Waals surface area contributed by atoms with Crippen molar-refractivity contribution in [3.8, 4) is 0 Å². The fourth-order valence-corrected chi connectivity index (χ4v) is 3.74. The number of carboxylic acids is 1. The number of carbonyl (C=O) groups is 2. The first-order valence-electron chi connectivity index (χ1n) is 10.5. The zero-order chi connectivity index (χ0) is 23.5. The first-order valence-corrected chi connectivity index (χ1v) is 10.5. The molecule has 1 aromatic carbocycles. The van der Waals surface area contributed by atoms with Crippen molar-refractivity contribution < 1.29 is 19.1 Å². The number of halogens is 1. The van der Waals surface area contributed by atoms with Crippen LogP contribution in [0, 0.1) is 5.82 Å². The van der Waals surface area contributed by atoms with Gasteiger partial charge in [-0.2, -0.15) is 0 Å². The predicted octanol–water partition coefficient (Wildman–Crippen LogP) is 1.16. The lowest BCUT2D eigenvalue weighted by Gasteiger charge is -2.30. The van der Waals surface area contributed by atoms with Gasteiger partial charge in [0.1, 0.15) is 17.1 Å². The van der Waals surface area contributed by atoms with E-state index in [4.69, 9.17) is 5.73 Å². The number of amides is 1. The summed E-state index contributed by atoms with van der Waals surface area (Å²) in [5.41, 5.74) is 5.22. The van der Waals surface area contributed by atoms with Crippen molar-refractivity contribution >= 4 is 28.5 Å². The van der Waals surface area contributed by atoms with Crippen LogP contribution in [0.15, 0.2) is 41.7 Å². The van der Waals surface area contributed by atoms with Crippen LogP contribution in [-0.4, -0.2) is 57.7 Å². The smallest absolute Gasteiger partial charge is 0.341 e. The summed E-state index contributed by atoms with van der Waals surface area (Å²) in [6.07, 6.45) is 7.51. The number of aromatic carboxylic acids is 1. The predicted molar refractivity (Wildman–Crippen MR) is 119 cm³/mol. The van der Waals surface area contributed by atoms with E-state index >= 15 is 0 Å². The van der Waals surface area contributed by atoms with E-state index in [-0.39, 0.29) is 22.7 Å². The highest BCUT2D eigenvalue weighted by Gasteiger charge is 2.28. The molecule has 10 nitrogen and oxygen atoms in total. The lowest BCUT2D eigenvalue weighted by molar-refractivity contribution is 0.0694. The second-order valence-corrected chi connectivity index (χ2v) is 7.83. The molecule has 2 aliphatic rings. The third-order valence-electron chi connectivity index (χ3n) is 5.54. The number of benzene rings is 1. The minimum atomic E-state index is -1.28. The van der Waals surface area contributed by atoms with Crippen LogP contribution in [0.4, 0.5) is 10.1 Å². The largest absolute Gasteiger partial charge is 0.477 e. The third-order valence-corrected chi connectivity index (χ3v) is 5.54. The van der Waals surface area contributed by atoms with Gasteiger partial charge in [0.15, 0.2) is 0 Å². The van der Waals surface area contributed by atoms with E-state index in [9.17, 15) is 23.9 Å². The Morgan fingerprint density at radius 1 is 1.18 bits per heavy atom. The molecule has 1 saturated heterocycles. The summed E-state index contributed by atoms with van der Waals surface area (Å²) in [4.78, 5) is 43.3. The first kappa shape index (κ1) is 22.3. The second kappa shape index (κ2) is 9.33. The van der Waals surface area contributed by atoms with E-state index in [1.54, 1.807) is 6.07 Å². The Kier molecular flexibility index (Phi) is 6.31. The zero-order valence-electron chi connectivity index (χ0n) is 17.7. The van der Waals surface area contributed by atoms with Crippen molar-refractivity contribution in [1.29, 1.82) is 0 Å². The fraction of sp³-hybridized carbons (Fsp3) is 0.318. The molecule has 0 radical (unpaired) electrons. The molecule has 0 atom stereocenters. The minimum Gasteiger partial charge on any atom is -0.477 e. The number of piperazine rings is 1. The molecule has 4 N–H and O–H groups in total. The van der Waals surface area contributed by atoms with Gasteiger partial charge in [-0.15, -0.1) is 0 Å².